The molecule has 0 atom stereocenters. The predicted molar refractivity (Wildman–Crippen MR) is 65.5 cm³/mol. The van der Waals surface area contributed by atoms with Crippen molar-refractivity contribution in [1.82, 2.24) is 9.78 Å². The quantitative estimate of drug-likeness (QED) is 0.854. The Morgan fingerprint density at radius 2 is 2.12 bits per heavy atom. The summed E-state index contributed by atoms with van der Waals surface area (Å²) in [4.78, 5) is 0. The highest BCUT2D eigenvalue weighted by Gasteiger charge is 2.05. The second-order valence-corrected chi connectivity index (χ2v) is 4.19. The molecule has 0 bridgehead atoms. The maximum atomic E-state index is 5.67. The summed E-state index contributed by atoms with van der Waals surface area (Å²) in [5, 5.41) is 4.29. The first-order valence-electron chi connectivity index (χ1n) is 5.55. The van der Waals surface area contributed by atoms with Gasteiger partial charge in [-0.1, -0.05) is 26.0 Å². The molecule has 1 aromatic heterocycles. The van der Waals surface area contributed by atoms with E-state index in [4.69, 9.17) is 5.73 Å². The van der Waals surface area contributed by atoms with E-state index in [1.807, 2.05) is 10.7 Å². The summed E-state index contributed by atoms with van der Waals surface area (Å²) >= 11 is 0. The Hall–Kier alpha value is -1.61. The first-order valence-corrected chi connectivity index (χ1v) is 5.55. The van der Waals surface area contributed by atoms with Gasteiger partial charge in [0.05, 0.1) is 11.4 Å². The van der Waals surface area contributed by atoms with Crippen molar-refractivity contribution in [2.75, 3.05) is 0 Å². The second-order valence-electron chi connectivity index (χ2n) is 4.19. The summed E-state index contributed by atoms with van der Waals surface area (Å²) in [6.07, 6.45) is 1.78. The number of nitrogens with two attached hydrogens (primary N) is 1. The van der Waals surface area contributed by atoms with E-state index in [2.05, 4.69) is 43.2 Å². The molecule has 84 valence electrons. The highest BCUT2D eigenvalue weighted by molar-refractivity contribution is 5.37. The Bertz CT molecular complexity index is 472. The van der Waals surface area contributed by atoms with E-state index in [0.717, 1.165) is 11.4 Å². The first kappa shape index (κ1) is 10.9. The van der Waals surface area contributed by atoms with Crippen molar-refractivity contribution < 1.29 is 0 Å². The molecule has 0 unspecified atom stereocenters. The van der Waals surface area contributed by atoms with Crippen molar-refractivity contribution in [3.05, 3.63) is 47.8 Å². The smallest absolute Gasteiger partial charge is 0.0652 e. The average Bonchev–Trinajstić information content (AvgIpc) is 2.77. The van der Waals surface area contributed by atoms with Gasteiger partial charge >= 0.3 is 0 Å². The lowest BCUT2D eigenvalue weighted by Gasteiger charge is -2.10. The fourth-order valence-electron chi connectivity index (χ4n) is 1.73. The van der Waals surface area contributed by atoms with Crippen LogP contribution in [0.15, 0.2) is 36.5 Å². The number of rotatable bonds is 3. The molecule has 0 amide bonds. The highest BCUT2D eigenvalue weighted by Crippen LogP contribution is 2.18. The van der Waals surface area contributed by atoms with Crippen LogP contribution in [-0.4, -0.2) is 9.78 Å². The molecule has 3 nitrogen and oxygen atoms in total. The van der Waals surface area contributed by atoms with Gasteiger partial charge < -0.3 is 5.73 Å². The van der Waals surface area contributed by atoms with Gasteiger partial charge in [-0.3, -0.25) is 0 Å². The lowest BCUT2D eigenvalue weighted by molar-refractivity contribution is 0.796. The SMILES string of the molecule is CC(C)c1cccc(-n2nccc2CN)c1. The normalized spacial score (nSPS) is 11.0. The Labute approximate surface area is 95.9 Å². The van der Waals surface area contributed by atoms with Crippen molar-refractivity contribution in [2.45, 2.75) is 26.3 Å². The van der Waals surface area contributed by atoms with E-state index < -0.39 is 0 Å². The number of benzene rings is 1. The maximum absolute atomic E-state index is 5.67. The zero-order valence-corrected chi connectivity index (χ0v) is 9.72. The van der Waals surface area contributed by atoms with Crippen molar-refractivity contribution in [2.24, 2.45) is 5.73 Å². The highest BCUT2D eigenvalue weighted by atomic mass is 15.3. The van der Waals surface area contributed by atoms with Crippen molar-refractivity contribution in [1.29, 1.82) is 0 Å². The zero-order chi connectivity index (χ0) is 11.5. The molecular weight excluding hydrogens is 198 g/mol. The third kappa shape index (κ3) is 1.99. The molecule has 0 aliphatic rings. The van der Waals surface area contributed by atoms with Crippen LogP contribution in [0.3, 0.4) is 0 Å². The van der Waals surface area contributed by atoms with Gasteiger partial charge in [0.1, 0.15) is 0 Å². The lowest BCUT2D eigenvalue weighted by atomic mass is 10.0. The van der Waals surface area contributed by atoms with E-state index in [1.54, 1.807) is 6.20 Å². The van der Waals surface area contributed by atoms with E-state index in [1.165, 1.54) is 5.56 Å². The molecule has 0 fully saturated rings. The molecule has 16 heavy (non-hydrogen) atoms. The second kappa shape index (κ2) is 4.49. The summed E-state index contributed by atoms with van der Waals surface area (Å²) in [5.41, 5.74) is 9.09. The van der Waals surface area contributed by atoms with Crippen LogP contribution in [0.2, 0.25) is 0 Å². The van der Waals surface area contributed by atoms with Gasteiger partial charge in [0, 0.05) is 12.7 Å². The molecule has 0 saturated heterocycles. The van der Waals surface area contributed by atoms with Crippen LogP contribution in [0.4, 0.5) is 0 Å². The summed E-state index contributed by atoms with van der Waals surface area (Å²) in [6, 6.07) is 10.4. The molecule has 0 aliphatic heterocycles. The molecule has 0 spiro atoms. The zero-order valence-electron chi connectivity index (χ0n) is 9.72. The third-order valence-electron chi connectivity index (χ3n) is 2.71. The molecule has 0 saturated carbocycles. The minimum Gasteiger partial charge on any atom is -0.325 e. The number of hydrogen-bond acceptors (Lipinski definition) is 2. The molecule has 2 rings (SSSR count). The lowest BCUT2D eigenvalue weighted by Crippen LogP contribution is -2.07. The standard InChI is InChI=1S/C13H17N3/c1-10(2)11-4-3-5-12(8-11)16-13(9-14)6-7-15-16/h3-8,10H,9,14H2,1-2H3. The molecule has 0 aliphatic carbocycles. The van der Waals surface area contributed by atoms with Crippen molar-refractivity contribution in [3.8, 4) is 5.69 Å². The summed E-state index contributed by atoms with van der Waals surface area (Å²) in [6.45, 7) is 4.88. The van der Waals surface area contributed by atoms with Crippen LogP contribution in [-0.2, 0) is 6.54 Å². The minimum atomic E-state index is 0.506. The van der Waals surface area contributed by atoms with Gasteiger partial charge in [-0.25, -0.2) is 4.68 Å². The monoisotopic (exact) mass is 215 g/mol. The van der Waals surface area contributed by atoms with Crippen LogP contribution in [0, 0.1) is 0 Å². The maximum Gasteiger partial charge on any atom is 0.0652 e. The molecule has 1 heterocycles. The van der Waals surface area contributed by atoms with Crippen LogP contribution < -0.4 is 5.73 Å². The van der Waals surface area contributed by atoms with E-state index in [9.17, 15) is 0 Å². The van der Waals surface area contributed by atoms with Gasteiger partial charge in [-0.05, 0) is 29.7 Å². The van der Waals surface area contributed by atoms with Crippen LogP contribution in [0.5, 0.6) is 0 Å². The van der Waals surface area contributed by atoms with Crippen LogP contribution in [0.25, 0.3) is 5.69 Å². The number of nitrogens with zero attached hydrogens (tertiary/aromatic N) is 2. The largest absolute Gasteiger partial charge is 0.325 e. The molecular formula is C13H17N3. The summed E-state index contributed by atoms with van der Waals surface area (Å²) in [5.74, 6) is 0.525. The van der Waals surface area contributed by atoms with Crippen molar-refractivity contribution in [3.63, 3.8) is 0 Å². The van der Waals surface area contributed by atoms with Gasteiger partial charge in [0.15, 0.2) is 0 Å². The number of aromatic nitrogens is 2. The van der Waals surface area contributed by atoms with Crippen LogP contribution in [0.1, 0.15) is 31.0 Å². The molecule has 1 aromatic carbocycles. The minimum absolute atomic E-state index is 0.506. The Morgan fingerprint density at radius 1 is 1.31 bits per heavy atom. The van der Waals surface area contributed by atoms with Gasteiger partial charge in [0.2, 0.25) is 0 Å². The van der Waals surface area contributed by atoms with E-state index in [-0.39, 0.29) is 0 Å². The van der Waals surface area contributed by atoms with E-state index >= 15 is 0 Å². The summed E-state index contributed by atoms with van der Waals surface area (Å²) < 4.78 is 1.89. The topological polar surface area (TPSA) is 43.8 Å². The average molecular weight is 215 g/mol. The fraction of sp³-hybridized carbons (Fsp3) is 0.308. The van der Waals surface area contributed by atoms with Crippen LogP contribution >= 0.6 is 0 Å². The number of hydrogen-bond donors (Lipinski definition) is 1. The fourth-order valence-corrected chi connectivity index (χ4v) is 1.73. The van der Waals surface area contributed by atoms with Gasteiger partial charge in [-0.15, -0.1) is 0 Å². The molecule has 2 N–H and O–H groups in total. The Balaban J connectivity index is 2.44. The Kier molecular flexibility index (Phi) is 3.06. The molecule has 3 heteroatoms. The molecule has 2 aromatic rings. The summed E-state index contributed by atoms with van der Waals surface area (Å²) in [7, 11) is 0. The molecule has 0 radical (unpaired) electrons. The van der Waals surface area contributed by atoms with Gasteiger partial charge in [-0.2, -0.15) is 5.10 Å². The van der Waals surface area contributed by atoms with E-state index in [0.29, 0.717) is 12.5 Å². The Morgan fingerprint density at radius 3 is 2.81 bits per heavy atom. The van der Waals surface area contributed by atoms with Crippen molar-refractivity contribution >= 4 is 0 Å². The van der Waals surface area contributed by atoms with Gasteiger partial charge in [0.25, 0.3) is 0 Å². The predicted octanol–water partition coefficient (Wildman–Crippen LogP) is 2.45. The third-order valence-corrected chi connectivity index (χ3v) is 2.71. The first-order chi connectivity index (χ1) is 7.72.